The van der Waals surface area contributed by atoms with Gasteiger partial charge < -0.3 is 20.3 Å². The van der Waals surface area contributed by atoms with Crippen LogP contribution in [0.3, 0.4) is 0 Å². The number of aliphatic hydroxyl groups is 1. The van der Waals surface area contributed by atoms with Gasteiger partial charge in [0.15, 0.2) is 6.04 Å². The summed E-state index contributed by atoms with van der Waals surface area (Å²) in [6.45, 7) is 3.99. The number of carbonyl (C=O) groups is 2. The smallest absolute Gasteiger partial charge is 0.328 e. The first-order valence-electron chi connectivity index (χ1n) is 6.90. The molecule has 6 nitrogen and oxygen atoms in total. The number of hydrogen-bond acceptors (Lipinski definition) is 4. The Morgan fingerprint density at radius 2 is 1.90 bits per heavy atom. The highest BCUT2D eigenvalue weighted by Gasteiger charge is 2.25. The van der Waals surface area contributed by atoms with Gasteiger partial charge in [-0.1, -0.05) is 13.3 Å². The highest BCUT2D eigenvalue weighted by Crippen LogP contribution is 2.13. The lowest BCUT2D eigenvalue weighted by Crippen LogP contribution is -2.47. The largest absolute Gasteiger partial charge is 0.494 e. The van der Waals surface area contributed by atoms with Crippen LogP contribution in [0.25, 0.3) is 0 Å². The van der Waals surface area contributed by atoms with Gasteiger partial charge in [0, 0.05) is 5.56 Å². The minimum Gasteiger partial charge on any atom is -0.494 e. The van der Waals surface area contributed by atoms with Gasteiger partial charge in [-0.15, -0.1) is 0 Å². The van der Waals surface area contributed by atoms with Gasteiger partial charge in [0.25, 0.3) is 5.91 Å². The Kier molecular flexibility index (Phi) is 6.68. The van der Waals surface area contributed by atoms with Crippen LogP contribution in [-0.4, -0.2) is 40.8 Å². The zero-order valence-electron chi connectivity index (χ0n) is 12.2. The second-order valence-electron chi connectivity index (χ2n) is 4.76. The molecule has 0 heterocycles. The third-order valence-electron chi connectivity index (χ3n) is 2.92. The minimum atomic E-state index is -1.34. The maximum Gasteiger partial charge on any atom is 0.328 e. The molecule has 0 aliphatic heterocycles. The van der Waals surface area contributed by atoms with E-state index in [0.717, 1.165) is 12.8 Å². The summed E-state index contributed by atoms with van der Waals surface area (Å²) in [7, 11) is 0. The molecule has 0 aliphatic rings. The molecular formula is C15H21NO5. The summed E-state index contributed by atoms with van der Waals surface area (Å²) >= 11 is 0. The van der Waals surface area contributed by atoms with E-state index in [0.29, 0.717) is 17.9 Å². The van der Waals surface area contributed by atoms with E-state index in [-0.39, 0.29) is 0 Å². The molecule has 0 radical (unpaired) electrons. The van der Waals surface area contributed by atoms with E-state index in [9.17, 15) is 14.7 Å². The van der Waals surface area contributed by atoms with E-state index in [4.69, 9.17) is 9.84 Å². The molecule has 0 unspecified atom stereocenters. The molecule has 1 aromatic carbocycles. The van der Waals surface area contributed by atoms with Crippen LogP contribution in [0.2, 0.25) is 0 Å². The molecule has 0 spiro atoms. The number of carbonyl (C=O) groups excluding carboxylic acids is 1. The number of ether oxygens (including phenoxy) is 1. The fourth-order valence-corrected chi connectivity index (χ4v) is 1.65. The van der Waals surface area contributed by atoms with Gasteiger partial charge in [0.1, 0.15) is 5.75 Å². The summed E-state index contributed by atoms with van der Waals surface area (Å²) in [6, 6.07) is 5.08. The molecule has 116 valence electrons. The summed E-state index contributed by atoms with van der Waals surface area (Å²) in [5.41, 5.74) is 0.310. The van der Waals surface area contributed by atoms with Crippen molar-refractivity contribution < 1.29 is 24.5 Å². The zero-order valence-corrected chi connectivity index (χ0v) is 12.2. The van der Waals surface area contributed by atoms with Gasteiger partial charge in [0.2, 0.25) is 0 Å². The lowest BCUT2D eigenvalue weighted by Gasteiger charge is -2.17. The second kappa shape index (κ2) is 8.26. The Hall–Kier alpha value is -2.08. The molecule has 0 aliphatic carbocycles. The first kappa shape index (κ1) is 17.0. The summed E-state index contributed by atoms with van der Waals surface area (Å²) in [5, 5.41) is 20.5. The number of aliphatic hydroxyl groups excluding tert-OH is 1. The fourth-order valence-electron chi connectivity index (χ4n) is 1.65. The van der Waals surface area contributed by atoms with Crippen molar-refractivity contribution in [3.63, 3.8) is 0 Å². The molecule has 1 rings (SSSR count). The monoisotopic (exact) mass is 295 g/mol. The number of unbranched alkanes of at least 4 members (excludes halogenated alkanes) is 1. The average Bonchev–Trinajstić information content (AvgIpc) is 2.44. The first-order valence-corrected chi connectivity index (χ1v) is 6.90. The lowest BCUT2D eigenvalue weighted by atomic mass is 10.1. The van der Waals surface area contributed by atoms with E-state index >= 15 is 0 Å². The molecule has 0 bridgehead atoms. The topological polar surface area (TPSA) is 95.9 Å². The van der Waals surface area contributed by atoms with Crippen LogP contribution in [0.15, 0.2) is 24.3 Å². The zero-order chi connectivity index (χ0) is 15.8. The van der Waals surface area contributed by atoms with Gasteiger partial charge in [0.05, 0.1) is 12.7 Å². The predicted octanol–water partition coefficient (Wildman–Crippen LogP) is 1.43. The van der Waals surface area contributed by atoms with E-state index in [1.54, 1.807) is 24.3 Å². The number of benzene rings is 1. The lowest BCUT2D eigenvalue weighted by molar-refractivity contribution is -0.141. The van der Waals surface area contributed by atoms with Crippen LogP contribution in [0.1, 0.15) is 37.0 Å². The van der Waals surface area contributed by atoms with Crippen molar-refractivity contribution in [2.45, 2.75) is 38.8 Å². The van der Waals surface area contributed by atoms with Crippen molar-refractivity contribution in [2.24, 2.45) is 0 Å². The average molecular weight is 295 g/mol. The molecule has 0 saturated heterocycles. The van der Waals surface area contributed by atoms with Crippen LogP contribution < -0.4 is 10.1 Å². The van der Waals surface area contributed by atoms with Crippen molar-refractivity contribution in [3.05, 3.63) is 29.8 Å². The second-order valence-corrected chi connectivity index (χ2v) is 4.76. The van der Waals surface area contributed by atoms with Gasteiger partial charge >= 0.3 is 5.97 Å². The van der Waals surface area contributed by atoms with Crippen LogP contribution in [0.5, 0.6) is 5.75 Å². The van der Waals surface area contributed by atoms with Crippen LogP contribution in [0.4, 0.5) is 0 Å². The van der Waals surface area contributed by atoms with E-state index in [2.05, 4.69) is 12.2 Å². The highest BCUT2D eigenvalue weighted by atomic mass is 16.5. The predicted molar refractivity (Wildman–Crippen MR) is 77.4 cm³/mol. The summed E-state index contributed by atoms with van der Waals surface area (Å²) in [6.07, 6.45) is 0.816. The summed E-state index contributed by atoms with van der Waals surface area (Å²) < 4.78 is 5.47. The van der Waals surface area contributed by atoms with Crippen molar-refractivity contribution in [2.75, 3.05) is 6.61 Å². The Morgan fingerprint density at radius 1 is 1.29 bits per heavy atom. The minimum absolute atomic E-state index is 0.310. The normalized spacial score (nSPS) is 13.3. The van der Waals surface area contributed by atoms with E-state index in [1.807, 2.05) is 0 Å². The summed E-state index contributed by atoms with van der Waals surface area (Å²) in [4.78, 5) is 22.8. The number of carboxylic acids is 1. The van der Waals surface area contributed by atoms with Gasteiger partial charge in [-0.05, 0) is 37.6 Å². The molecule has 1 amide bonds. The van der Waals surface area contributed by atoms with Gasteiger partial charge in [-0.25, -0.2) is 4.79 Å². The van der Waals surface area contributed by atoms with E-state index < -0.39 is 24.0 Å². The number of carboxylic acid groups (broad SMARTS) is 1. The Bertz CT molecular complexity index is 469. The number of nitrogens with one attached hydrogen (secondary N) is 1. The first-order chi connectivity index (χ1) is 9.95. The maximum absolute atomic E-state index is 11.9. The molecule has 6 heteroatoms. The number of aliphatic carboxylic acids is 1. The summed E-state index contributed by atoms with van der Waals surface area (Å²) in [5.74, 6) is -1.17. The van der Waals surface area contributed by atoms with Crippen molar-refractivity contribution in [1.29, 1.82) is 0 Å². The molecule has 3 N–H and O–H groups in total. The molecule has 21 heavy (non-hydrogen) atoms. The molecule has 0 saturated carbocycles. The maximum atomic E-state index is 11.9. The molecule has 0 fully saturated rings. The molecule has 2 atom stereocenters. The van der Waals surface area contributed by atoms with E-state index in [1.165, 1.54) is 6.92 Å². The van der Waals surface area contributed by atoms with Gasteiger partial charge in [-0.2, -0.15) is 0 Å². The Balaban J connectivity index is 2.64. The van der Waals surface area contributed by atoms with Crippen molar-refractivity contribution in [1.82, 2.24) is 5.32 Å². The molecular weight excluding hydrogens is 274 g/mol. The van der Waals surface area contributed by atoms with Gasteiger partial charge in [-0.3, -0.25) is 4.79 Å². The number of amides is 1. The van der Waals surface area contributed by atoms with Crippen molar-refractivity contribution in [3.8, 4) is 5.75 Å². The highest BCUT2D eigenvalue weighted by molar-refractivity contribution is 5.96. The third-order valence-corrected chi connectivity index (χ3v) is 2.92. The Morgan fingerprint density at radius 3 is 2.38 bits per heavy atom. The quantitative estimate of drug-likeness (QED) is 0.630. The van der Waals surface area contributed by atoms with Crippen LogP contribution >= 0.6 is 0 Å². The molecule has 0 aromatic heterocycles. The molecule has 1 aromatic rings. The third kappa shape index (κ3) is 5.43. The SMILES string of the molecule is CCCCOc1ccc(C(=O)N[C@H](C(=O)O)[C@@H](C)O)cc1. The van der Waals surface area contributed by atoms with Crippen LogP contribution in [0, 0.1) is 0 Å². The standard InChI is InChI=1S/C15H21NO5/c1-3-4-9-21-12-7-5-11(6-8-12)14(18)16-13(10(2)17)15(19)20/h5-8,10,13,17H,3-4,9H2,1-2H3,(H,16,18)(H,19,20)/t10-,13+/m1/s1. The van der Waals surface area contributed by atoms with Crippen molar-refractivity contribution >= 4 is 11.9 Å². The number of hydrogen-bond donors (Lipinski definition) is 3. The fraction of sp³-hybridized carbons (Fsp3) is 0.467. The number of rotatable bonds is 8. The van der Waals surface area contributed by atoms with Crippen LogP contribution in [-0.2, 0) is 4.79 Å². The Labute approximate surface area is 123 Å².